The van der Waals surface area contributed by atoms with Crippen LogP contribution < -0.4 is 0 Å². The Labute approximate surface area is 158 Å². The number of rotatable bonds is 6. The maximum Gasteiger partial charge on any atom is 0.276 e. The molecule has 2 aromatic rings. The third kappa shape index (κ3) is 4.02. The molecular formula is C20H25N5O2. The third-order valence-corrected chi connectivity index (χ3v) is 5.41. The van der Waals surface area contributed by atoms with Crippen LogP contribution in [0.25, 0.3) is 0 Å². The van der Waals surface area contributed by atoms with E-state index in [1.54, 1.807) is 10.9 Å². The Hall–Kier alpha value is -2.70. The second-order valence-electron chi connectivity index (χ2n) is 7.37. The number of amides is 2. The van der Waals surface area contributed by atoms with Gasteiger partial charge in [0, 0.05) is 32.6 Å². The molecule has 1 aromatic carbocycles. The zero-order valence-corrected chi connectivity index (χ0v) is 15.5. The Bertz CT molecular complexity index is 792. The Balaban J connectivity index is 1.22. The quantitative estimate of drug-likeness (QED) is 0.782. The summed E-state index contributed by atoms with van der Waals surface area (Å²) in [7, 11) is 0. The van der Waals surface area contributed by atoms with Crippen LogP contribution in [0.15, 0.2) is 36.5 Å². The van der Waals surface area contributed by atoms with Crippen LogP contribution in [0.5, 0.6) is 0 Å². The minimum absolute atomic E-state index is 0.0353. The van der Waals surface area contributed by atoms with E-state index in [1.807, 2.05) is 28.0 Å². The molecular weight excluding hydrogens is 342 g/mol. The molecule has 0 aliphatic carbocycles. The predicted molar refractivity (Wildman–Crippen MR) is 100 cm³/mol. The van der Waals surface area contributed by atoms with Gasteiger partial charge in [-0.25, -0.2) is 4.68 Å². The van der Waals surface area contributed by atoms with Crippen molar-refractivity contribution in [3.05, 3.63) is 47.8 Å². The maximum atomic E-state index is 12.3. The van der Waals surface area contributed by atoms with Crippen LogP contribution in [0.4, 0.5) is 0 Å². The largest absolute Gasteiger partial charge is 0.338 e. The zero-order valence-electron chi connectivity index (χ0n) is 15.5. The molecule has 2 amide bonds. The van der Waals surface area contributed by atoms with Crippen molar-refractivity contribution in [3.8, 4) is 0 Å². The van der Waals surface area contributed by atoms with Crippen LogP contribution in [-0.4, -0.2) is 62.8 Å². The lowest BCUT2D eigenvalue weighted by Gasteiger charge is -2.39. The molecule has 2 saturated heterocycles. The first-order chi connectivity index (χ1) is 13.2. The van der Waals surface area contributed by atoms with Crippen molar-refractivity contribution in [1.82, 2.24) is 24.8 Å². The van der Waals surface area contributed by atoms with E-state index in [4.69, 9.17) is 0 Å². The number of benzene rings is 1. The van der Waals surface area contributed by atoms with E-state index >= 15 is 0 Å². The molecule has 1 aromatic heterocycles. The number of carbonyl (C=O) groups excluding carboxylic acids is 2. The zero-order chi connectivity index (χ0) is 18.6. The van der Waals surface area contributed by atoms with Gasteiger partial charge in [-0.15, -0.1) is 5.10 Å². The van der Waals surface area contributed by atoms with Gasteiger partial charge in [-0.05, 0) is 31.2 Å². The molecule has 2 aliphatic heterocycles. The second-order valence-corrected chi connectivity index (χ2v) is 7.37. The lowest BCUT2D eigenvalue weighted by Crippen LogP contribution is -2.50. The predicted octanol–water partition coefficient (Wildman–Crippen LogP) is 1.92. The van der Waals surface area contributed by atoms with Gasteiger partial charge >= 0.3 is 0 Å². The number of hydrogen-bond acceptors (Lipinski definition) is 4. The molecule has 0 unspecified atom stereocenters. The molecule has 7 heteroatoms. The summed E-state index contributed by atoms with van der Waals surface area (Å²) >= 11 is 0. The topological polar surface area (TPSA) is 71.3 Å². The van der Waals surface area contributed by atoms with Crippen molar-refractivity contribution >= 4 is 11.8 Å². The summed E-state index contributed by atoms with van der Waals surface area (Å²) in [5.41, 5.74) is 1.68. The summed E-state index contributed by atoms with van der Waals surface area (Å²) in [6.45, 7) is 2.90. The number of hydrogen-bond donors (Lipinski definition) is 0. The van der Waals surface area contributed by atoms with Crippen molar-refractivity contribution < 1.29 is 9.59 Å². The van der Waals surface area contributed by atoms with E-state index in [9.17, 15) is 9.59 Å². The van der Waals surface area contributed by atoms with E-state index in [0.29, 0.717) is 25.2 Å². The van der Waals surface area contributed by atoms with Crippen LogP contribution in [0.2, 0.25) is 0 Å². The molecule has 27 heavy (non-hydrogen) atoms. The highest BCUT2D eigenvalue weighted by molar-refractivity contribution is 5.92. The van der Waals surface area contributed by atoms with Gasteiger partial charge in [0.1, 0.15) is 0 Å². The van der Waals surface area contributed by atoms with Crippen molar-refractivity contribution in [2.45, 2.75) is 38.1 Å². The van der Waals surface area contributed by atoms with Gasteiger partial charge in [0.15, 0.2) is 5.69 Å². The van der Waals surface area contributed by atoms with Gasteiger partial charge in [0.2, 0.25) is 5.91 Å². The normalized spacial score (nSPS) is 17.2. The molecule has 0 radical (unpaired) electrons. The first kappa shape index (κ1) is 17.7. The van der Waals surface area contributed by atoms with Crippen LogP contribution in [-0.2, 0) is 11.2 Å². The molecule has 3 heterocycles. The molecule has 142 valence electrons. The van der Waals surface area contributed by atoms with Crippen LogP contribution in [0, 0.1) is 0 Å². The fourth-order valence-electron chi connectivity index (χ4n) is 3.71. The molecule has 2 fully saturated rings. The lowest BCUT2D eigenvalue weighted by atomic mass is 10.1. The lowest BCUT2D eigenvalue weighted by molar-refractivity contribution is -0.137. The maximum absolute atomic E-state index is 12.3. The first-order valence-electron chi connectivity index (χ1n) is 9.73. The Morgan fingerprint density at radius 1 is 1.04 bits per heavy atom. The smallest absolute Gasteiger partial charge is 0.276 e. The number of nitrogens with zero attached hydrogens (tertiary/aromatic N) is 5. The summed E-state index contributed by atoms with van der Waals surface area (Å²) in [5.74, 6) is 0.155. The van der Waals surface area contributed by atoms with Crippen molar-refractivity contribution in [2.75, 3.05) is 26.2 Å². The summed E-state index contributed by atoms with van der Waals surface area (Å²) in [6, 6.07) is 10.4. The number of aromatic nitrogens is 3. The molecule has 7 nitrogen and oxygen atoms in total. The third-order valence-electron chi connectivity index (χ3n) is 5.41. The fourth-order valence-corrected chi connectivity index (χ4v) is 3.71. The summed E-state index contributed by atoms with van der Waals surface area (Å²) in [6.07, 6.45) is 6.20. The van der Waals surface area contributed by atoms with Gasteiger partial charge in [0.25, 0.3) is 5.91 Å². The van der Waals surface area contributed by atoms with Gasteiger partial charge in [-0.1, -0.05) is 35.5 Å². The van der Waals surface area contributed by atoms with E-state index in [-0.39, 0.29) is 17.9 Å². The van der Waals surface area contributed by atoms with E-state index in [2.05, 4.69) is 22.4 Å². The van der Waals surface area contributed by atoms with Crippen LogP contribution in [0.3, 0.4) is 0 Å². The van der Waals surface area contributed by atoms with E-state index < -0.39 is 0 Å². The molecule has 0 bridgehead atoms. The van der Waals surface area contributed by atoms with Gasteiger partial charge < -0.3 is 9.80 Å². The Morgan fingerprint density at radius 2 is 1.78 bits per heavy atom. The fraction of sp³-hybridized carbons (Fsp3) is 0.500. The second kappa shape index (κ2) is 7.90. The van der Waals surface area contributed by atoms with Gasteiger partial charge in [0.05, 0.1) is 12.2 Å². The van der Waals surface area contributed by atoms with E-state index in [0.717, 1.165) is 38.8 Å². The molecule has 0 spiro atoms. The first-order valence-corrected chi connectivity index (χ1v) is 9.73. The van der Waals surface area contributed by atoms with Gasteiger partial charge in [-0.2, -0.15) is 0 Å². The van der Waals surface area contributed by atoms with Crippen molar-refractivity contribution in [2.24, 2.45) is 0 Å². The minimum atomic E-state index is -0.0353. The Morgan fingerprint density at radius 3 is 2.52 bits per heavy atom. The highest BCUT2D eigenvalue weighted by Crippen LogP contribution is 2.22. The summed E-state index contributed by atoms with van der Waals surface area (Å²) in [5, 5.41) is 8.14. The molecule has 4 rings (SSSR count). The van der Waals surface area contributed by atoms with E-state index in [1.165, 1.54) is 5.56 Å². The molecule has 0 saturated carbocycles. The van der Waals surface area contributed by atoms with Crippen LogP contribution in [0.1, 0.15) is 47.8 Å². The number of aryl methyl sites for hydroxylation is 1. The Kier molecular flexibility index (Phi) is 5.18. The molecule has 0 N–H and O–H groups in total. The average molecular weight is 367 g/mol. The highest BCUT2D eigenvalue weighted by Gasteiger charge is 2.33. The monoisotopic (exact) mass is 367 g/mol. The van der Waals surface area contributed by atoms with Crippen LogP contribution >= 0.6 is 0 Å². The molecule has 2 aliphatic rings. The summed E-state index contributed by atoms with van der Waals surface area (Å²) < 4.78 is 1.73. The molecule has 0 atom stereocenters. The van der Waals surface area contributed by atoms with Crippen molar-refractivity contribution in [1.29, 1.82) is 0 Å². The van der Waals surface area contributed by atoms with Gasteiger partial charge in [-0.3, -0.25) is 9.59 Å². The highest BCUT2D eigenvalue weighted by atomic mass is 16.2. The summed E-state index contributed by atoms with van der Waals surface area (Å²) in [4.78, 5) is 28.3. The SMILES string of the molecule is O=C(CCCc1ccccc1)N1CC(n2cc(C(=O)N3CCCC3)nn2)C1. The number of likely N-dealkylation sites (tertiary alicyclic amines) is 2. The minimum Gasteiger partial charge on any atom is -0.338 e. The van der Waals surface area contributed by atoms with Crippen molar-refractivity contribution in [3.63, 3.8) is 0 Å². The standard InChI is InChI=1S/C20H25N5O2/c26-19(10-6-9-16-7-2-1-3-8-16)24-13-17(14-24)25-15-18(21-22-25)20(27)23-11-4-5-12-23/h1-3,7-8,15,17H,4-6,9-14H2. The average Bonchev–Trinajstić information content (AvgIpc) is 3.33. The number of carbonyl (C=O) groups is 2.